The highest BCUT2D eigenvalue weighted by Crippen LogP contribution is 2.29. The summed E-state index contributed by atoms with van der Waals surface area (Å²) in [5.74, 6) is -0.222. The lowest BCUT2D eigenvalue weighted by Crippen LogP contribution is -2.59. The highest BCUT2D eigenvalue weighted by atomic mass is 35.5. The van der Waals surface area contributed by atoms with Gasteiger partial charge in [0, 0.05) is 51.7 Å². The van der Waals surface area contributed by atoms with Gasteiger partial charge in [-0.2, -0.15) is 12.7 Å². The second-order valence-corrected chi connectivity index (χ2v) is 19.5. The third kappa shape index (κ3) is 8.75. The number of hydrogen-bond acceptors (Lipinski definition) is 7. The van der Waals surface area contributed by atoms with Crippen LogP contribution in [0.1, 0.15) is 19.4 Å². The van der Waals surface area contributed by atoms with E-state index in [0.29, 0.717) is 25.3 Å². The van der Waals surface area contributed by atoms with Crippen molar-refractivity contribution in [2.75, 3.05) is 30.7 Å². The van der Waals surface area contributed by atoms with Crippen molar-refractivity contribution in [1.29, 1.82) is 0 Å². The second-order valence-electron chi connectivity index (χ2n) is 10.3. The van der Waals surface area contributed by atoms with Crippen LogP contribution < -0.4 is 9.62 Å². The minimum Gasteiger partial charge on any atom is -0.360 e. The van der Waals surface area contributed by atoms with Crippen molar-refractivity contribution >= 4 is 59.1 Å². The fourth-order valence-corrected chi connectivity index (χ4v) is 7.41. The zero-order chi connectivity index (χ0) is 27.4. The van der Waals surface area contributed by atoms with Gasteiger partial charge in [0.05, 0.1) is 5.02 Å². The molecule has 206 valence electrons. The smallest absolute Gasteiger partial charge is 0.307 e. The lowest BCUT2D eigenvalue weighted by molar-refractivity contribution is 0.153. The predicted molar refractivity (Wildman–Crippen MR) is 152 cm³/mol. The van der Waals surface area contributed by atoms with Gasteiger partial charge in [0.1, 0.15) is 17.7 Å². The van der Waals surface area contributed by atoms with Gasteiger partial charge < -0.3 is 10.1 Å². The summed E-state index contributed by atoms with van der Waals surface area (Å²) >= 11 is 13.3. The maximum absolute atomic E-state index is 14.3. The zero-order valence-electron chi connectivity index (χ0n) is 21.7. The van der Waals surface area contributed by atoms with Crippen LogP contribution in [0, 0.1) is 5.82 Å². The highest BCUT2D eigenvalue weighted by molar-refractivity contribution is 7.98. The molecular weight excluding hydrogens is 576 g/mol. The van der Waals surface area contributed by atoms with Crippen LogP contribution >= 0.6 is 35.0 Å². The molecule has 3 rings (SSSR count). The van der Waals surface area contributed by atoms with Crippen molar-refractivity contribution < 1.29 is 17.5 Å². The van der Waals surface area contributed by atoms with Crippen LogP contribution in [0.15, 0.2) is 29.4 Å². The van der Waals surface area contributed by atoms with Gasteiger partial charge in [0.15, 0.2) is 11.0 Å². The van der Waals surface area contributed by atoms with Crippen molar-refractivity contribution in [2.45, 2.75) is 62.5 Å². The number of anilines is 1. The van der Waals surface area contributed by atoms with Crippen LogP contribution in [0.4, 0.5) is 10.2 Å². The Balaban J connectivity index is 1.88. The molecule has 2 heterocycles. The lowest BCUT2D eigenvalue weighted by Gasteiger charge is -2.38. The number of aromatic nitrogens is 2. The van der Waals surface area contributed by atoms with E-state index in [-0.39, 0.29) is 45.7 Å². The van der Waals surface area contributed by atoms with E-state index < -0.39 is 24.1 Å². The van der Waals surface area contributed by atoms with Crippen molar-refractivity contribution in [3.63, 3.8) is 0 Å². The molecule has 1 N–H and O–H groups in total. The number of thioether (sulfide) groups is 1. The SMILES string of the molecule is CC1CN(S(=O)(=O)N(COCC[Si](C)(C)C)c2cc(Cl)nc(SCc3cccc(Cl)c3F)n2)CC(C)N1. The molecule has 2 aromatic rings. The third-order valence-electron chi connectivity index (χ3n) is 5.64. The average molecular weight is 611 g/mol. The van der Waals surface area contributed by atoms with Gasteiger partial charge in [-0.05, 0) is 31.5 Å². The minimum atomic E-state index is -3.99. The molecule has 14 heteroatoms. The van der Waals surface area contributed by atoms with Crippen molar-refractivity contribution in [1.82, 2.24) is 19.6 Å². The summed E-state index contributed by atoms with van der Waals surface area (Å²) in [6.07, 6.45) is 0. The first-order chi connectivity index (χ1) is 17.3. The maximum Gasteiger partial charge on any atom is 0.307 e. The number of halogens is 3. The van der Waals surface area contributed by atoms with E-state index in [1.165, 1.54) is 16.4 Å². The Morgan fingerprint density at radius 3 is 2.54 bits per heavy atom. The standard InChI is InChI=1S/C23H34Cl2FN5O3S2Si/c1-16-12-30(13-17(2)27-16)36(32,33)31(15-34-9-10-37(3,4)5)21-11-20(25)28-23(29-21)35-14-18-7-6-8-19(24)22(18)26/h6-8,11,16-17,27H,9-10,12-15H2,1-5H3. The Labute approximate surface area is 234 Å². The number of hydrogen-bond donors (Lipinski definition) is 1. The Morgan fingerprint density at radius 1 is 1.22 bits per heavy atom. The molecule has 37 heavy (non-hydrogen) atoms. The summed E-state index contributed by atoms with van der Waals surface area (Å²) in [4.78, 5) is 8.69. The second kappa shape index (κ2) is 12.9. The number of rotatable bonds is 11. The molecule has 0 bridgehead atoms. The summed E-state index contributed by atoms with van der Waals surface area (Å²) in [5.41, 5.74) is 0.380. The van der Waals surface area contributed by atoms with E-state index in [9.17, 15) is 12.8 Å². The van der Waals surface area contributed by atoms with E-state index in [1.54, 1.807) is 12.1 Å². The summed E-state index contributed by atoms with van der Waals surface area (Å²) in [6, 6.07) is 7.02. The largest absolute Gasteiger partial charge is 0.360 e. The van der Waals surface area contributed by atoms with E-state index in [1.807, 2.05) is 13.8 Å². The molecule has 1 saturated heterocycles. The molecule has 1 fully saturated rings. The first-order valence-corrected chi connectivity index (χ1v) is 18.8. The molecule has 1 aromatic carbocycles. The van der Waals surface area contributed by atoms with Crippen LogP contribution in [0.2, 0.25) is 35.9 Å². The van der Waals surface area contributed by atoms with Gasteiger partial charge in [-0.15, -0.1) is 0 Å². The van der Waals surface area contributed by atoms with Gasteiger partial charge >= 0.3 is 10.2 Å². The summed E-state index contributed by atoms with van der Waals surface area (Å²) in [7, 11) is -5.37. The number of piperazine rings is 1. The van der Waals surface area contributed by atoms with Crippen LogP contribution in [0.5, 0.6) is 0 Å². The molecule has 1 aromatic heterocycles. The maximum atomic E-state index is 14.3. The molecule has 0 radical (unpaired) electrons. The average Bonchev–Trinajstić information content (AvgIpc) is 2.78. The van der Waals surface area contributed by atoms with Crippen molar-refractivity contribution in [3.8, 4) is 0 Å². The Hall–Kier alpha value is -0.993. The summed E-state index contributed by atoms with van der Waals surface area (Å²) in [6.45, 7) is 11.4. The van der Waals surface area contributed by atoms with Gasteiger partial charge in [0.25, 0.3) is 0 Å². The van der Waals surface area contributed by atoms with Gasteiger partial charge in [-0.3, -0.25) is 0 Å². The van der Waals surface area contributed by atoms with Crippen LogP contribution in [0.25, 0.3) is 0 Å². The molecule has 8 nitrogen and oxygen atoms in total. The fraction of sp³-hybridized carbons (Fsp3) is 0.565. The summed E-state index contributed by atoms with van der Waals surface area (Å²) in [5, 5.41) is 3.66. The molecule has 1 aliphatic rings. The van der Waals surface area contributed by atoms with E-state index >= 15 is 0 Å². The first-order valence-electron chi connectivity index (χ1n) is 12.0. The van der Waals surface area contributed by atoms with Crippen molar-refractivity contribution in [3.05, 3.63) is 45.8 Å². The van der Waals surface area contributed by atoms with E-state index in [2.05, 4.69) is 34.9 Å². The van der Waals surface area contributed by atoms with Crippen LogP contribution in [0.3, 0.4) is 0 Å². The first kappa shape index (κ1) is 30.5. The quantitative estimate of drug-likeness (QED) is 0.0928. The van der Waals surface area contributed by atoms with Gasteiger partial charge in [-0.1, -0.05) is 66.7 Å². The molecule has 0 aliphatic carbocycles. The van der Waals surface area contributed by atoms with Crippen LogP contribution in [-0.4, -0.2) is 69.3 Å². The Kier molecular flexibility index (Phi) is 10.7. The van der Waals surface area contributed by atoms with E-state index in [4.69, 9.17) is 27.9 Å². The lowest BCUT2D eigenvalue weighted by atomic mass is 10.2. The predicted octanol–water partition coefficient (Wildman–Crippen LogP) is 5.26. The fourth-order valence-electron chi connectivity index (χ4n) is 3.76. The minimum absolute atomic E-state index is 0.0131. The van der Waals surface area contributed by atoms with Gasteiger partial charge in [-0.25, -0.2) is 18.7 Å². The molecule has 2 unspecified atom stereocenters. The number of nitrogens with zero attached hydrogens (tertiary/aromatic N) is 4. The molecule has 0 spiro atoms. The number of ether oxygens (including phenoxy) is 1. The topological polar surface area (TPSA) is 87.7 Å². The molecule has 0 amide bonds. The van der Waals surface area contributed by atoms with Crippen LogP contribution in [-0.2, 0) is 20.7 Å². The Bertz CT molecular complexity index is 1180. The normalized spacial score (nSPS) is 19.2. The number of nitrogens with one attached hydrogen (secondary N) is 1. The van der Waals surface area contributed by atoms with Gasteiger partial charge in [0.2, 0.25) is 0 Å². The zero-order valence-corrected chi connectivity index (χ0v) is 25.8. The third-order valence-corrected chi connectivity index (χ3v) is 10.5. The Morgan fingerprint density at radius 2 is 1.89 bits per heavy atom. The van der Waals surface area contributed by atoms with Crippen molar-refractivity contribution in [2.24, 2.45) is 0 Å². The molecular formula is C23H34Cl2FN5O3S2Si. The molecule has 0 saturated carbocycles. The summed E-state index contributed by atoms with van der Waals surface area (Å²) < 4.78 is 50.4. The molecule has 2 atom stereocenters. The van der Waals surface area contributed by atoms with E-state index in [0.717, 1.165) is 22.1 Å². The monoisotopic (exact) mass is 609 g/mol. The highest BCUT2D eigenvalue weighted by Gasteiger charge is 2.36. The molecule has 1 aliphatic heterocycles. The number of benzene rings is 1.